The smallest absolute Gasteiger partial charge is 0.421 e. The summed E-state index contributed by atoms with van der Waals surface area (Å²) in [5.41, 5.74) is -0.162. The average Bonchev–Trinajstić information content (AvgIpc) is 2.66. The molecule has 1 aromatic heterocycles. The fourth-order valence-corrected chi connectivity index (χ4v) is 1.72. The first kappa shape index (κ1) is 12.6. The predicted octanol–water partition coefficient (Wildman–Crippen LogP) is 1.31. The predicted molar refractivity (Wildman–Crippen MR) is 64.0 cm³/mol. The second-order valence-electron chi connectivity index (χ2n) is 3.67. The van der Waals surface area contributed by atoms with E-state index in [2.05, 4.69) is 6.58 Å². The number of rotatable bonds is 4. The molecule has 8 heteroatoms. The van der Waals surface area contributed by atoms with Crippen molar-refractivity contribution < 1.29 is 19.2 Å². The SMILES string of the molecule is C=CC(C(=O)O)n1c(=O)oc2ccc([N+](=O)[O-])cc21. The molecule has 0 aliphatic rings. The Morgan fingerprint density at radius 2 is 2.26 bits per heavy atom. The van der Waals surface area contributed by atoms with E-state index < -0.39 is 22.7 Å². The van der Waals surface area contributed by atoms with Gasteiger partial charge in [-0.25, -0.2) is 9.59 Å². The molecule has 0 aliphatic carbocycles. The summed E-state index contributed by atoms with van der Waals surface area (Å²) in [6.07, 6.45) is 1.04. The van der Waals surface area contributed by atoms with E-state index >= 15 is 0 Å². The highest BCUT2D eigenvalue weighted by molar-refractivity contribution is 5.81. The van der Waals surface area contributed by atoms with Crippen LogP contribution in [0.15, 0.2) is 40.1 Å². The van der Waals surface area contributed by atoms with E-state index in [9.17, 15) is 19.7 Å². The van der Waals surface area contributed by atoms with Gasteiger partial charge < -0.3 is 9.52 Å². The third-order valence-electron chi connectivity index (χ3n) is 2.56. The highest BCUT2D eigenvalue weighted by Crippen LogP contribution is 2.23. The first-order chi connectivity index (χ1) is 8.95. The summed E-state index contributed by atoms with van der Waals surface area (Å²) in [7, 11) is 0. The topological polar surface area (TPSA) is 116 Å². The van der Waals surface area contributed by atoms with Gasteiger partial charge in [0.1, 0.15) is 0 Å². The minimum atomic E-state index is -1.35. The van der Waals surface area contributed by atoms with Crippen molar-refractivity contribution in [1.29, 1.82) is 0 Å². The minimum absolute atomic E-state index is 0.0338. The van der Waals surface area contributed by atoms with Crippen molar-refractivity contribution in [2.24, 2.45) is 0 Å². The average molecular weight is 264 g/mol. The summed E-state index contributed by atoms with van der Waals surface area (Å²) >= 11 is 0. The van der Waals surface area contributed by atoms with Crippen LogP contribution in [0.1, 0.15) is 6.04 Å². The summed E-state index contributed by atoms with van der Waals surface area (Å²) in [4.78, 5) is 32.7. The van der Waals surface area contributed by atoms with Crippen LogP contribution in [0.4, 0.5) is 5.69 Å². The Bertz CT molecular complexity index is 741. The van der Waals surface area contributed by atoms with E-state index in [4.69, 9.17) is 9.52 Å². The molecule has 0 radical (unpaired) electrons. The number of hydrogen-bond donors (Lipinski definition) is 1. The van der Waals surface area contributed by atoms with Gasteiger partial charge in [0.15, 0.2) is 11.6 Å². The quantitative estimate of drug-likeness (QED) is 0.505. The largest absolute Gasteiger partial charge is 0.479 e. The van der Waals surface area contributed by atoms with Crippen LogP contribution >= 0.6 is 0 Å². The Labute approximate surface area is 105 Å². The maximum absolute atomic E-state index is 11.6. The molecule has 2 rings (SSSR count). The van der Waals surface area contributed by atoms with Crippen LogP contribution in [0, 0.1) is 10.1 Å². The van der Waals surface area contributed by atoms with Crippen molar-refractivity contribution in [2.75, 3.05) is 0 Å². The number of nitro benzene ring substituents is 1. The highest BCUT2D eigenvalue weighted by Gasteiger charge is 2.23. The minimum Gasteiger partial charge on any atom is -0.479 e. The van der Waals surface area contributed by atoms with E-state index in [0.717, 1.165) is 16.7 Å². The van der Waals surface area contributed by atoms with Crippen LogP contribution in [0.2, 0.25) is 0 Å². The van der Waals surface area contributed by atoms with Gasteiger partial charge in [-0.2, -0.15) is 0 Å². The number of hydrogen-bond acceptors (Lipinski definition) is 5. The molecule has 0 bridgehead atoms. The van der Waals surface area contributed by atoms with Gasteiger partial charge in [0.25, 0.3) is 5.69 Å². The molecule has 1 N–H and O–H groups in total. The van der Waals surface area contributed by atoms with Crippen LogP contribution in [-0.4, -0.2) is 20.6 Å². The number of carboxylic acids is 1. The van der Waals surface area contributed by atoms with E-state index in [1.807, 2.05) is 0 Å². The molecule has 19 heavy (non-hydrogen) atoms. The fourth-order valence-electron chi connectivity index (χ4n) is 1.72. The van der Waals surface area contributed by atoms with Gasteiger partial charge in [0, 0.05) is 12.1 Å². The third-order valence-corrected chi connectivity index (χ3v) is 2.56. The van der Waals surface area contributed by atoms with Crippen molar-refractivity contribution >= 4 is 22.8 Å². The molecule has 0 saturated heterocycles. The van der Waals surface area contributed by atoms with Crippen LogP contribution in [0.5, 0.6) is 0 Å². The zero-order valence-electron chi connectivity index (χ0n) is 9.48. The Morgan fingerprint density at radius 1 is 1.58 bits per heavy atom. The van der Waals surface area contributed by atoms with Crippen LogP contribution < -0.4 is 5.76 Å². The molecule has 0 fully saturated rings. The molecule has 98 valence electrons. The number of benzene rings is 1. The molecule has 2 aromatic rings. The normalized spacial score (nSPS) is 12.2. The molecule has 0 amide bonds. The number of carboxylic acid groups (broad SMARTS) is 1. The van der Waals surface area contributed by atoms with Gasteiger partial charge in [-0.3, -0.25) is 14.7 Å². The molecule has 1 heterocycles. The molecule has 0 saturated carbocycles. The number of carbonyl (C=O) groups is 1. The third kappa shape index (κ3) is 1.99. The van der Waals surface area contributed by atoms with Gasteiger partial charge in [-0.1, -0.05) is 6.08 Å². The second-order valence-corrected chi connectivity index (χ2v) is 3.67. The van der Waals surface area contributed by atoms with E-state index in [1.54, 1.807) is 0 Å². The van der Waals surface area contributed by atoms with E-state index in [0.29, 0.717) is 0 Å². The Balaban J connectivity index is 2.78. The number of aromatic nitrogens is 1. The zero-order chi connectivity index (χ0) is 14.2. The monoisotopic (exact) mass is 264 g/mol. The summed E-state index contributed by atoms with van der Waals surface area (Å²) in [6.45, 7) is 3.33. The van der Waals surface area contributed by atoms with Crippen LogP contribution in [0.25, 0.3) is 11.1 Å². The first-order valence-electron chi connectivity index (χ1n) is 5.10. The Hall–Kier alpha value is -2.90. The number of nitrogens with zero attached hydrogens (tertiary/aromatic N) is 2. The second kappa shape index (κ2) is 4.41. The van der Waals surface area contributed by atoms with Crippen LogP contribution in [0.3, 0.4) is 0 Å². The summed E-state index contributed by atoms with van der Waals surface area (Å²) in [5, 5.41) is 19.7. The fraction of sp³-hybridized carbons (Fsp3) is 0.0909. The first-order valence-corrected chi connectivity index (χ1v) is 5.10. The lowest BCUT2D eigenvalue weighted by Gasteiger charge is -2.07. The molecule has 0 spiro atoms. The molecule has 1 aromatic carbocycles. The molecular formula is C11H8N2O6. The molecule has 0 aliphatic heterocycles. The highest BCUT2D eigenvalue weighted by atomic mass is 16.6. The van der Waals surface area contributed by atoms with Gasteiger partial charge >= 0.3 is 11.7 Å². The lowest BCUT2D eigenvalue weighted by Crippen LogP contribution is -2.25. The number of fused-ring (bicyclic) bond motifs is 1. The van der Waals surface area contributed by atoms with Crippen molar-refractivity contribution in [1.82, 2.24) is 4.57 Å². The van der Waals surface area contributed by atoms with Crippen molar-refractivity contribution in [3.63, 3.8) is 0 Å². The summed E-state index contributed by atoms with van der Waals surface area (Å²) in [5.74, 6) is -2.23. The van der Waals surface area contributed by atoms with Crippen LogP contribution in [-0.2, 0) is 4.79 Å². The molecule has 1 atom stereocenters. The van der Waals surface area contributed by atoms with Gasteiger partial charge in [-0.15, -0.1) is 6.58 Å². The number of aliphatic carboxylic acids is 1. The molecule has 8 nitrogen and oxygen atoms in total. The van der Waals surface area contributed by atoms with Gasteiger partial charge in [0.2, 0.25) is 0 Å². The zero-order valence-corrected chi connectivity index (χ0v) is 9.48. The van der Waals surface area contributed by atoms with E-state index in [1.165, 1.54) is 12.1 Å². The lowest BCUT2D eigenvalue weighted by atomic mass is 10.2. The lowest BCUT2D eigenvalue weighted by molar-refractivity contribution is -0.384. The maximum atomic E-state index is 11.6. The van der Waals surface area contributed by atoms with Crippen molar-refractivity contribution in [3.8, 4) is 0 Å². The molecular weight excluding hydrogens is 256 g/mol. The number of non-ortho nitro benzene ring substituents is 1. The Morgan fingerprint density at radius 3 is 2.79 bits per heavy atom. The van der Waals surface area contributed by atoms with Crippen molar-refractivity contribution in [3.05, 3.63) is 51.5 Å². The number of oxazole rings is 1. The van der Waals surface area contributed by atoms with Crippen molar-refractivity contribution in [2.45, 2.75) is 6.04 Å². The summed E-state index contributed by atoms with van der Waals surface area (Å²) < 4.78 is 5.64. The summed E-state index contributed by atoms with van der Waals surface area (Å²) in [6, 6.07) is 2.14. The molecule has 1 unspecified atom stereocenters. The number of nitro groups is 1. The van der Waals surface area contributed by atoms with Gasteiger partial charge in [-0.05, 0) is 6.07 Å². The van der Waals surface area contributed by atoms with E-state index in [-0.39, 0.29) is 16.8 Å². The Kier molecular flexibility index (Phi) is 2.91. The van der Waals surface area contributed by atoms with Gasteiger partial charge in [0.05, 0.1) is 10.4 Å². The standard InChI is InChI=1S/C11H8N2O6/c1-2-7(10(14)15)12-8-5-6(13(17)18)3-4-9(8)19-11(12)16/h2-5,7H,1H2,(H,14,15). The maximum Gasteiger partial charge on any atom is 0.421 e.